The molecule has 0 aliphatic carbocycles. The van der Waals surface area contributed by atoms with Gasteiger partial charge in [-0.15, -0.1) is 0 Å². The first-order chi connectivity index (χ1) is 14.1. The molecule has 1 amide bonds. The van der Waals surface area contributed by atoms with Crippen molar-refractivity contribution in [3.8, 4) is 11.5 Å². The number of benzene rings is 1. The van der Waals surface area contributed by atoms with E-state index in [1.165, 1.54) is 51.9 Å². The fourth-order valence-corrected chi connectivity index (χ4v) is 4.89. The van der Waals surface area contributed by atoms with Crippen LogP contribution in [0.5, 0.6) is 11.5 Å². The Balaban J connectivity index is 1.31. The van der Waals surface area contributed by atoms with E-state index >= 15 is 0 Å². The van der Waals surface area contributed by atoms with Crippen molar-refractivity contribution in [3.63, 3.8) is 0 Å². The molecule has 4 rings (SSSR count). The number of fused-ring (bicyclic) bond motifs is 1. The zero-order valence-corrected chi connectivity index (χ0v) is 17.9. The number of carbonyl (C=O) groups is 1. The Morgan fingerprint density at radius 3 is 2.41 bits per heavy atom. The molecule has 0 radical (unpaired) electrons. The summed E-state index contributed by atoms with van der Waals surface area (Å²) in [7, 11) is 2.22. The Labute approximate surface area is 174 Å². The van der Waals surface area contributed by atoms with Crippen LogP contribution < -0.4 is 9.47 Å². The molecule has 160 valence electrons. The third-order valence-corrected chi connectivity index (χ3v) is 6.79. The molecule has 3 heterocycles. The summed E-state index contributed by atoms with van der Waals surface area (Å²) >= 11 is 0. The molecule has 1 aromatic rings. The summed E-state index contributed by atoms with van der Waals surface area (Å²) in [5.41, 5.74) is 0.694. The molecule has 3 aliphatic rings. The molecule has 1 aromatic carbocycles. The molecule has 3 aliphatic heterocycles. The maximum absolute atomic E-state index is 13.1. The van der Waals surface area contributed by atoms with Gasteiger partial charge in [-0.25, -0.2) is 0 Å². The third kappa shape index (κ3) is 4.86. The van der Waals surface area contributed by atoms with Crippen LogP contribution in [0.25, 0.3) is 0 Å². The summed E-state index contributed by atoms with van der Waals surface area (Å²) in [4.78, 5) is 20.2. The predicted molar refractivity (Wildman–Crippen MR) is 114 cm³/mol. The molecule has 0 aromatic heterocycles. The van der Waals surface area contributed by atoms with Crippen molar-refractivity contribution < 1.29 is 14.3 Å². The first-order valence-electron chi connectivity index (χ1n) is 11.3. The first-order valence-corrected chi connectivity index (χ1v) is 11.3. The van der Waals surface area contributed by atoms with Crippen LogP contribution >= 0.6 is 0 Å². The van der Waals surface area contributed by atoms with Crippen molar-refractivity contribution in [2.24, 2.45) is 5.92 Å². The number of carbonyl (C=O) groups excluding carboxylic acids is 1. The lowest BCUT2D eigenvalue weighted by atomic mass is 9.93. The second-order valence-corrected chi connectivity index (χ2v) is 8.72. The third-order valence-electron chi connectivity index (χ3n) is 6.79. The molecular weight excluding hydrogens is 366 g/mol. The lowest BCUT2D eigenvalue weighted by Gasteiger charge is -2.41. The fourth-order valence-electron chi connectivity index (χ4n) is 4.89. The first kappa shape index (κ1) is 20.5. The lowest BCUT2D eigenvalue weighted by molar-refractivity contribution is 0.0610. The maximum atomic E-state index is 13.1. The number of hydrogen-bond donors (Lipinski definition) is 0. The molecule has 6 nitrogen and oxygen atoms in total. The number of likely N-dealkylation sites (tertiary alicyclic amines) is 2. The highest BCUT2D eigenvalue weighted by Crippen LogP contribution is 2.31. The minimum atomic E-state index is 0.0993. The van der Waals surface area contributed by atoms with Gasteiger partial charge in [0.25, 0.3) is 5.91 Å². The van der Waals surface area contributed by atoms with E-state index in [1.54, 1.807) is 0 Å². The summed E-state index contributed by atoms with van der Waals surface area (Å²) in [6, 6.07) is 6.31. The molecule has 0 saturated carbocycles. The van der Waals surface area contributed by atoms with E-state index in [2.05, 4.69) is 23.8 Å². The van der Waals surface area contributed by atoms with E-state index in [4.69, 9.17) is 9.47 Å². The average Bonchev–Trinajstić information content (AvgIpc) is 2.77. The number of hydrogen-bond acceptors (Lipinski definition) is 5. The van der Waals surface area contributed by atoms with Gasteiger partial charge in [0.05, 0.1) is 0 Å². The SMILES string of the molecule is CCN(CC1CCN(C2CCN(C)CC2)CC1)C(=O)c1ccc2c(c1)OCCO2. The lowest BCUT2D eigenvalue weighted by Crippen LogP contribution is -2.48. The Morgan fingerprint density at radius 1 is 1.03 bits per heavy atom. The van der Waals surface area contributed by atoms with E-state index in [9.17, 15) is 4.79 Å². The van der Waals surface area contributed by atoms with Crippen molar-refractivity contribution in [1.29, 1.82) is 0 Å². The molecule has 2 saturated heterocycles. The van der Waals surface area contributed by atoms with Gasteiger partial charge in [-0.2, -0.15) is 0 Å². The second-order valence-electron chi connectivity index (χ2n) is 8.72. The zero-order chi connectivity index (χ0) is 20.2. The van der Waals surface area contributed by atoms with Crippen molar-refractivity contribution >= 4 is 5.91 Å². The smallest absolute Gasteiger partial charge is 0.253 e. The van der Waals surface area contributed by atoms with Crippen molar-refractivity contribution in [1.82, 2.24) is 14.7 Å². The van der Waals surface area contributed by atoms with Gasteiger partial charge in [0.1, 0.15) is 13.2 Å². The zero-order valence-electron chi connectivity index (χ0n) is 17.9. The summed E-state index contributed by atoms with van der Waals surface area (Å²) < 4.78 is 11.2. The quantitative estimate of drug-likeness (QED) is 0.759. The average molecular weight is 402 g/mol. The number of piperidine rings is 2. The van der Waals surface area contributed by atoms with Crippen LogP contribution in [0.15, 0.2) is 18.2 Å². The molecule has 0 bridgehead atoms. The molecule has 0 N–H and O–H groups in total. The summed E-state index contributed by atoms with van der Waals surface area (Å²) in [6.45, 7) is 9.56. The van der Waals surface area contributed by atoms with Crippen LogP contribution in [-0.4, -0.2) is 86.2 Å². The molecule has 6 heteroatoms. The highest BCUT2D eigenvalue weighted by molar-refractivity contribution is 5.95. The van der Waals surface area contributed by atoms with Crippen molar-refractivity contribution in [2.45, 2.75) is 38.6 Å². The Morgan fingerprint density at radius 2 is 1.72 bits per heavy atom. The summed E-state index contributed by atoms with van der Waals surface area (Å²) in [5, 5.41) is 0. The molecule has 0 spiro atoms. The minimum Gasteiger partial charge on any atom is -0.486 e. The predicted octanol–water partition coefficient (Wildman–Crippen LogP) is 2.73. The monoisotopic (exact) mass is 401 g/mol. The minimum absolute atomic E-state index is 0.0993. The molecule has 2 fully saturated rings. The van der Waals surface area contributed by atoms with Gasteiger partial charge in [-0.1, -0.05) is 0 Å². The van der Waals surface area contributed by atoms with Crippen LogP contribution in [0.2, 0.25) is 0 Å². The van der Waals surface area contributed by atoms with Gasteiger partial charge >= 0.3 is 0 Å². The van der Waals surface area contributed by atoms with E-state index in [1.807, 2.05) is 23.1 Å². The topological polar surface area (TPSA) is 45.2 Å². The summed E-state index contributed by atoms with van der Waals surface area (Å²) in [5.74, 6) is 2.11. The van der Waals surface area contributed by atoms with Crippen molar-refractivity contribution in [2.75, 3.05) is 59.5 Å². The largest absolute Gasteiger partial charge is 0.486 e. The normalized spacial score (nSPS) is 21.9. The highest BCUT2D eigenvalue weighted by atomic mass is 16.6. The van der Waals surface area contributed by atoms with Crippen LogP contribution in [0.4, 0.5) is 0 Å². The Bertz CT molecular complexity index is 695. The summed E-state index contributed by atoms with van der Waals surface area (Å²) in [6.07, 6.45) is 4.98. The number of amides is 1. The molecular formula is C23H35N3O3. The van der Waals surface area contributed by atoms with Crippen LogP contribution in [0.1, 0.15) is 43.0 Å². The Hall–Kier alpha value is -1.79. The van der Waals surface area contributed by atoms with Crippen LogP contribution in [0.3, 0.4) is 0 Å². The number of nitrogens with zero attached hydrogens (tertiary/aromatic N) is 3. The van der Waals surface area contributed by atoms with E-state index in [-0.39, 0.29) is 5.91 Å². The number of ether oxygens (including phenoxy) is 2. The van der Waals surface area contributed by atoms with Gasteiger partial charge < -0.3 is 24.2 Å². The molecule has 0 unspecified atom stereocenters. The van der Waals surface area contributed by atoms with Gasteiger partial charge in [0.15, 0.2) is 11.5 Å². The molecule has 29 heavy (non-hydrogen) atoms. The van der Waals surface area contributed by atoms with E-state index in [0.29, 0.717) is 30.4 Å². The van der Waals surface area contributed by atoms with Gasteiger partial charge in [0.2, 0.25) is 0 Å². The van der Waals surface area contributed by atoms with Crippen molar-refractivity contribution in [3.05, 3.63) is 23.8 Å². The standard InChI is InChI=1S/C23H35N3O3/c1-3-25(23(27)19-4-5-21-22(16-19)29-15-14-28-21)17-18-6-12-26(13-7-18)20-8-10-24(2)11-9-20/h4-5,16,18,20H,3,6-15,17H2,1-2H3. The van der Waals surface area contributed by atoms with E-state index < -0.39 is 0 Å². The highest BCUT2D eigenvalue weighted by Gasteiger charge is 2.29. The maximum Gasteiger partial charge on any atom is 0.253 e. The van der Waals surface area contributed by atoms with Crippen LogP contribution in [0, 0.1) is 5.92 Å². The fraction of sp³-hybridized carbons (Fsp3) is 0.696. The van der Waals surface area contributed by atoms with Crippen LogP contribution in [-0.2, 0) is 0 Å². The Kier molecular flexibility index (Phi) is 6.60. The molecule has 0 atom stereocenters. The van der Waals surface area contributed by atoms with Gasteiger partial charge in [-0.3, -0.25) is 4.79 Å². The van der Waals surface area contributed by atoms with E-state index in [0.717, 1.165) is 24.9 Å². The number of rotatable bonds is 5. The van der Waals surface area contributed by atoms with Gasteiger partial charge in [-0.05, 0) is 90.0 Å². The second kappa shape index (κ2) is 9.35. The van der Waals surface area contributed by atoms with Gasteiger partial charge in [0, 0.05) is 24.7 Å².